The zero-order valence-electron chi connectivity index (χ0n) is 16.3. The van der Waals surface area contributed by atoms with E-state index in [1.807, 2.05) is 77.7 Å². The van der Waals surface area contributed by atoms with Crippen molar-refractivity contribution in [3.63, 3.8) is 0 Å². The minimum atomic E-state index is -0.0212. The Morgan fingerprint density at radius 2 is 1.45 bits per heavy atom. The topological polar surface area (TPSA) is 44.8 Å². The highest BCUT2D eigenvalue weighted by molar-refractivity contribution is 5.74. The van der Waals surface area contributed by atoms with Crippen LogP contribution in [0.15, 0.2) is 84.9 Å². The highest BCUT2D eigenvalue weighted by atomic mass is 16.5. The molecule has 0 aliphatic carbocycles. The molecule has 148 valence electrons. The first-order valence-electron chi connectivity index (χ1n) is 9.92. The average molecular weight is 387 g/mol. The van der Waals surface area contributed by atoms with Crippen molar-refractivity contribution in [1.82, 2.24) is 10.2 Å². The molecule has 5 heteroatoms. The number of urea groups is 1. The van der Waals surface area contributed by atoms with Gasteiger partial charge in [-0.1, -0.05) is 48.5 Å². The molecule has 0 atom stereocenters. The Kier molecular flexibility index (Phi) is 5.95. The number of piperazine rings is 1. The van der Waals surface area contributed by atoms with Crippen molar-refractivity contribution in [3.8, 4) is 11.5 Å². The van der Waals surface area contributed by atoms with Gasteiger partial charge in [0.15, 0.2) is 0 Å². The van der Waals surface area contributed by atoms with Gasteiger partial charge in [0.25, 0.3) is 0 Å². The standard InChI is InChI=1S/C24H25N3O2/c28-24(27-16-14-26(15-17-27)21-9-3-1-4-10-21)25-19-20-8-7-13-23(18-20)29-22-11-5-2-6-12-22/h1-13,18H,14-17,19H2,(H,25,28). The summed E-state index contributed by atoms with van der Waals surface area (Å²) >= 11 is 0. The molecule has 1 fully saturated rings. The third-order valence-corrected chi connectivity index (χ3v) is 5.01. The minimum absolute atomic E-state index is 0.0212. The molecule has 2 amide bonds. The highest BCUT2D eigenvalue weighted by Crippen LogP contribution is 2.22. The summed E-state index contributed by atoms with van der Waals surface area (Å²) in [5.41, 5.74) is 2.22. The van der Waals surface area contributed by atoms with Gasteiger partial charge in [-0.05, 0) is 42.0 Å². The summed E-state index contributed by atoms with van der Waals surface area (Å²) in [6.07, 6.45) is 0. The number of nitrogens with one attached hydrogen (secondary N) is 1. The van der Waals surface area contributed by atoms with Gasteiger partial charge in [0, 0.05) is 38.4 Å². The van der Waals surface area contributed by atoms with Crippen LogP contribution in [0.4, 0.5) is 10.5 Å². The molecule has 0 saturated carbocycles. The van der Waals surface area contributed by atoms with Crippen LogP contribution in [0.25, 0.3) is 0 Å². The molecule has 1 N–H and O–H groups in total. The molecule has 1 saturated heterocycles. The first-order chi connectivity index (χ1) is 14.3. The largest absolute Gasteiger partial charge is 0.457 e. The Morgan fingerprint density at radius 3 is 2.17 bits per heavy atom. The van der Waals surface area contributed by atoms with Crippen LogP contribution in [-0.2, 0) is 6.54 Å². The summed E-state index contributed by atoms with van der Waals surface area (Å²) in [6, 6.07) is 27.8. The Bertz CT molecular complexity index is 923. The number of carbonyl (C=O) groups is 1. The van der Waals surface area contributed by atoms with Gasteiger partial charge in [-0.2, -0.15) is 0 Å². The number of rotatable bonds is 5. The molecule has 0 bridgehead atoms. The van der Waals surface area contributed by atoms with Crippen LogP contribution in [0.2, 0.25) is 0 Å². The van der Waals surface area contributed by atoms with Gasteiger partial charge in [-0.3, -0.25) is 0 Å². The van der Waals surface area contributed by atoms with Crippen LogP contribution < -0.4 is 15.0 Å². The van der Waals surface area contributed by atoms with Crippen LogP contribution in [0, 0.1) is 0 Å². The number of ether oxygens (including phenoxy) is 1. The monoisotopic (exact) mass is 387 g/mol. The quantitative estimate of drug-likeness (QED) is 0.701. The van der Waals surface area contributed by atoms with Gasteiger partial charge in [0.05, 0.1) is 0 Å². The Morgan fingerprint density at radius 1 is 0.793 bits per heavy atom. The predicted octanol–water partition coefficient (Wildman–Crippen LogP) is 4.51. The maximum absolute atomic E-state index is 12.6. The summed E-state index contributed by atoms with van der Waals surface area (Å²) in [6.45, 7) is 3.61. The first kappa shape index (κ1) is 18.9. The Balaban J connectivity index is 1.27. The van der Waals surface area contributed by atoms with Gasteiger partial charge in [0.1, 0.15) is 11.5 Å². The second-order valence-corrected chi connectivity index (χ2v) is 7.03. The van der Waals surface area contributed by atoms with E-state index in [2.05, 4.69) is 22.3 Å². The Labute approximate surface area is 171 Å². The molecule has 5 nitrogen and oxygen atoms in total. The van der Waals surface area contributed by atoms with E-state index in [0.717, 1.165) is 43.2 Å². The van der Waals surface area contributed by atoms with Gasteiger partial charge < -0.3 is 19.9 Å². The summed E-state index contributed by atoms with van der Waals surface area (Å²) in [5.74, 6) is 1.56. The number of nitrogens with zero attached hydrogens (tertiary/aromatic N) is 2. The molecule has 3 aromatic carbocycles. The van der Waals surface area contributed by atoms with Gasteiger partial charge in [0.2, 0.25) is 0 Å². The van der Waals surface area contributed by atoms with E-state index in [0.29, 0.717) is 6.54 Å². The van der Waals surface area contributed by atoms with Crippen LogP contribution >= 0.6 is 0 Å². The molecule has 1 aliphatic rings. The normalized spacial score (nSPS) is 13.8. The third kappa shape index (κ3) is 5.08. The lowest BCUT2D eigenvalue weighted by molar-refractivity contribution is 0.194. The lowest BCUT2D eigenvalue weighted by atomic mass is 10.2. The van der Waals surface area contributed by atoms with Crippen LogP contribution in [0.3, 0.4) is 0 Å². The molecule has 0 unspecified atom stereocenters. The van der Waals surface area contributed by atoms with E-state index in [-0.39, 0.29) is 6.03 Å². The van der Waals surface area contributed by atoms with Gasteiger partial charge in [-0.15, -0.1) is 0 Å². The summed E-state index contributed by atoms with van der Waals surface area (Å²) in [5, 5.41) is 3.03. The number of amides is 2. The van der Waals surface area contributed by atoms with Crippen molar-refractivity contribution in [2.24, 2.45) is 0 Å². The third-order valence-electron chi connectivity index (χ3n) is 5.01. The van der Waals surface area contributed by atoms with Gasteiger partial charge >= 0.3 is 6.03 Å². The number of hydrogen-bond donors (Lipinski definition) is 1. The van der Waals surface area contributed by atoms with Crippen molar-refractivity contribution in [2.45, 2.75) is 6.54 Å². The Hall–Kier alpha value is -3.47. The fourth-order valence-electron chi connectivity index (χ4n) is 3.44. The fraction of sp³-hybridized carbons (Fsp3) is 0.208. The molecular formula is C24H25N3O2. The maximum Gasteiger partial charge on any atom is 0.317 e. The first-order valence-corrected chi connectivity index (χ1v) is 9.92. The lowest BCUT2D eigenvalue weighted by Gasteiger charge is -2.36. The van der Waals surface area contributed by atoms with E-state index in [9.17, 15) is 4.79 Å². The maximum atomic E-state index is 12.6. The molecule has 3 aromatic rings. The predicted molar refractivity (Wildman–Crippen MR) is 115 cm³/mol. The van der Waals surface area contributed by atoms with Gasteiger partial charge in [-0.25, -0.2) is 4.79 Å². The van der Waals surface area contributed by atoms with E-state index in [1.54, 1.807) is 0 Å². The molecule has 1 aliphatic heterocycles. The van der Waals surface area contributed by atoms with Crippen molar-refractivity contribution in [2.75, 3.05) is 31.1 Å². The second kappa shape index (κ2) is 9.15. The second-order valence-electron chi connectivity index (χ2n) is 7.03. The van der Waals surface area contributed by atoms with Crippen molar-refractivity contribution >= 4 is 11.7 Å². The molecule has 0 spiro atoms. The van der Waals surface area contributed by atoms with Crippen molar-refractivity contribution in [1.29, 1.82) is 0 Å². The molecule has 0 radical (unpaired) electrons. The number of hydrogen-bond acceptors (Lipinski definition) is 3. The van der Waals surface area contributed by atoms with Crippen LogP contribution in [-0.4, -0.2) is 37.1 Å². The minimum Gasteiger partial charge on any atom is -0.457 e. The molecule has 1 heterocycles. The van der Waals surface area contributed by atoms with E-state index < -0.39 is 0 Å². The molecule has 4 rings (SSSR count). The number of carbonyl (C=O) groups excluding carboxylic acids is 1. The van der Waals surface area contributed by atoms with Crippen molar-refractivity contribution < 1.29 is 9.53 Å². The molecular weight excluding hydrogens is 362 g/mol. The average Bonchev–Trinajstić information content (AvgIpc) is 2.79. The van der Waals surface area contributed by atoms with Crippen molar-refractivity contribution in [3.05, 3.63) is 90.5 Å². The van der Waals surface area contributed by atoms with Crippen LogP contribution in [0.1, 0.15) is 5.56 Å². The lowest BCUT2D eigenvalue weighted by Crippen LogP contribution is -2.51. The zero-order valence-corrected chi connectivity index (χ0v) is 16.3. The smallest absolute Gasteiger partial charge is 0.317 e. The molecule has 0 aromatic heterocycles. The number of benzene rings is 3. The van der Waals surface area contributed by atoms with Crippen LogP contribution in [0.5, 0.6) is 11.5 Å². The summed E-state index contributed by atoms with van der Waals surface area (Å²) < 4.78 is 5.87. The van der Waals surface area contributed by atoms with E-state index in [4.69, 9.17) is 4.74 Å². The highest BCUT2D eigenvalue weighted by Gasteiger charge is 2.20. The SMILES string of the molecule is O=C(NCc1cccc(Oc2ccccc2)c1)N1CCN(c2ccccc2)CC1. The number of para-hydroxylation sites is 2. The van der Waals surface area contributed by atoms with E-state index in [1.165, 1.54) is 5.69 Å². The summed E-state index contributed by atoms with van der Waals surface area (Å²) in [4.78, 5) is 16.7. The van der Waals surface area contributed by atoms with E-state index >= 15 is 0 Å². The number of anilines is 1. The fourth-order valence-corrected chi connectivity index (χ4v) is 3.44. The zero-order chi connectivity index (χ0) is 19.9. The molecule has 29 heavy (non-hydrogen) atoms. The summed E-state index contributed by atoms with van der Waals surface area (Å²) in [7, 11) is 0.